The molecular formula is C18H19F3N2O. The van der Waals surface area contributed by atoms with Gasteiger partial charge in [-0.05, 0) is 49.2 Å². The Balaban J connectivity index is 2.08. The summed E-state index contributed by atoms with van der Waals surface area (Å²) in [5, 5.41) is 5.89. The number of rotatable bonds is 5. The standard InChI is InChI=1S/C18H19F3N2O/c1-3-22-17(24)14-7-4-12(2)16(10-14)23-11-13-5-8-15(9-6-13)18(19,20)21/h4-10,23H,3,11H2,1-2H3,(H,22,24). The summed E-state index contributed by atoms with van der Waals surface area (Å²) in [6, 6.07) is 10.3. The van der Waals surface area contributed by atoms with Gasteiger partial charge >= 0.3 is 6.18 Å². The summed E-state index contributed by atoms with van der Waals surface area (Å²) < 4.78 is 37.7. The maximum absolute atomic E-state index is 12.6. The first-order chi connectivity index (χ1) is 11.3. The Morgan fingerprint density at radius 2 is 1.75 bits per heavy atom. The molecule has 24 heavy (non-hydrogen) atoms. The Labute approximate surface area is 138 Å². The highest BCUT2D eigenvalue weighted by molar-refractivity contribution is 5.95. The van der Waals surface area contributed by atoms with Crippen molar-refractivity contribution < 1.29 is 18.0 Å². The number of benzene rings is 2. The van der Waals surface area contributed by atoms with Crippen LogP contribution in [-0.2, 0) is 12.7 Å². The zero-order valence-electron chi connectivity index (χ0n) is 13.5. The number of aryl methyl sites for hydroxylation is 1. The van der Waals surface area contributed by atoms with Crippen molar-refractivity contribution in [1.82, 2.24) is 5.32 Å². The first-order valence-electron chi connectivity index (χ1n) is 7.60. The van der Waals surface area contributed by atoms with Gasteiger partial charge in [-0.2, -0.15) is 13.2 Å². The van der Waals surface area contributed by atoms with E-state index in [0.29, 0.717) is 18.7 Å². The van der Waals surface area contributed by atoms with Gasteiger partial charge in [-0.3, -0.25) is 4.79 Å². The van der Waals surface area contributed by atoms with Gasteiger partial charge in [0, 0.05) is 24.3 Å². The van der Waals surface area contributed by atoms with E-state index in [0.717, 1.165) is 28.9 Å². The molecule has 2 aromatic carbocycles. The van der Waals surface area contributed by atoms with Crippen LogP contribution in [0.25, 0.3) is 0 Å². The van der Waals surface area contributed by atoms with Crippen molar-refractivity contribution in [2.75, 3.05) is 11.9 Å². The number of hydrogen-bond donors (Lipinski definition) is 2. The summed E-state index contributed by atoms with van der Waals surface area (Å²) in [6.45, 7) is 4.66. The Morgan fingerprint density at radius 1 is 1.08 bits per heavy atom. The largest absolute Gasteiger partial charge is 0.416 e. The maximum Gasteiger partial charge on any atom is 0.416 e. The molecule has 0 spiro atoms. The number of hydrogen-bond acceptors (Lipinski definition) is 2. The molecule has 0 aliphatic carbocycles. The lowest BCUT2D eigenvalue weighted by Crippen LogP contribution is -2.22. The predicted molar refractivity (Wildman–Crippen MR) is 88.0 cm³/mol. The Bertz CT molecular complexity index is 709. The van der Waals surface area contributed by atoms with E-state index in [-0.39, 0.29) is 5.91 Å². The van der Waals surface area contributed by atoms with Gasteiger partial charge in [0.1, 0.15) is 0 Å². The van der Waals surface area contributed by atoms with Crippen molar-refractivity contribution >= 4 is 11.6 Å². The number of alkyl halides is 3. The van der Waals surface area contributed by atoms with Gasteiger partial charge in [-0.15, -0.1) is 0 Å². The molecule has 0 bridgehead atoms. The lowest BCUT2D eigenvalue weighted by atomic mass is 10.1. The second kappa shape index (κ2) is 7.38. The van der Waals surface area contributed by atoms with Crippen LogP contribution in [0.4, 0.5) is 18.9 Å². The molecule has 1 amide bonds. The zero-order valence-corrected chi connectivity index (χ0v) is 13.5. The molecule has 6 heteroatoms. The Kier molecular flexibility index (Phi) is 5.49. The van der Waals surface area contributed by atoms with Crippen molar-refractivity contribution in [2.24, 2.45) is 0 Å². The summed E-state index contributed by atoms with van der Waals surface area (Å²) in [4.78, 5) is 11.9. The minimum absolute atomic E-state index is 0.157. The first kappa shape index (κ1) is 17.8. The molecule has 0 heterocycles. The second-order valence-electron chi connectivity index (χ2n) is 5.44. The molecule has 2 N–H and O–H groups in total. The molecule has 0 unspecified atom stereocenters. The third kappa shape index (κ3) is 4.50. The third-order valence-electron chi connectivity index (χ3n) is 3.60. The van der Waals surface area contributed by atoms with E-state index >= 15 is 0 Å². The normalized spacial score (nSPS) is 11.2. The van der Waals surface area contributed by atoms with Crippen molar-refractivity contribution in [1.29, 1.82) is 0 Å². The van der Waals surface area contributed by atoms with Crippen LogP contribution >= 0.6 is 0 Å². The smallest absolute Gasteiger partial charge is 0.381 e. The van der Waals surface area contributed by atoms with Crippen LogP contribution in [0.2, 0.25) is 0 Å². The summed E-state index contributed by atoms with van der Waals surface area (Å²) >= 11 is 0. The van der Waals surface area contributed by atoms with E-state index in [1.165, 1.54) is 12.1 Å². The predicted octanol–water partition coefficient (Wildman–Crippen LogP) is 4.38. The molecule has 0 fully saturated rings. The number of halogens is 3. The van der Waals surface area contributed by atoms with Crippen molar-refractivity contribution in [3.63, 3.8) is 0 Å². The average Bonchev–Trinajstić information content (AvgIpc) is 2.54. The molecule has 2 rings (SSSR count). The molecule has 0 radical (unpaired) electrons. The summed E-state index contributed by atoms with van der Waals surface area (Å²) in [7, 11) is 0. The van der Waals surface area contributed by atoms with Crippen LogP contribution in [0.5, 0.6) is 0 Å². The molecule has 0 saturated heterocycles. The van der Waals surface area contributed by atoms with Crippen molar-refractivity contribution in [3.05, 3.63) is 64.7 Å². The minimum Gasteiger partial charge on any atom is -0.381 e. The minimum atomic E-state index is -4.33. The molecule has 0 atom stereocenters. The molecule has 0 aliphatic heterocycles. The van der Waals surface area contributed by atoms with Crippen LogP contribution in [0, 0.1) is 6.92 Å². The van der Waals surface area contributed by atoms with Gasteiger partial charge in [0.2, 0.25) is 0 Å². The summed E-state index contributed by atoms with van der Waals surface area (Å²) in [5.74, 6) is -0.157. The van der Waals surface area contributed by atoms with Crippen LogP contribution in [0.3, 0.4) is 0 Å². The molecular weight excluding hydrogens is 317 g/mol. The average molecular weight is 336 g/mol. The van der Waals surface area contributed by atoms with Crippen molar-refractivity contribution in [2.45, 2.75) is 26.6 Å². The highest BCUT2D eigenvalue weighted by Crippen LogP contribution is 2.29. The number of amides is 1. The Morgan fingerprint density at radius 3 is 2.33 bits per heavy atom. The molecule has 0 saturated carbocycles. The summed E-state index contributed by atoms with van der Waals surface area (Å²) in [5.41, 5.74) is 2.33. The van der Waals surface area contributed by atoms with Crippen LogP contribution in [0.15, 0.2) is 42.5 Å². The fraction of sp³-hybridized carbons (Fsp3) is 0.278. The van der Waals surface area contributed by atoms with Gasteiger partial charge in [-0.25, -0.2) is 0 Å². The number of carbonyl (C=O) groups is 1. The monoisotopic (exact) mass is 336 g/mol. The zero-order chi connectivity index (χ0) is 17.7. The lowest BCUT2D eigenvalue weighted by molar-refractivity contribution is -0.137. The van der Waals surface area contributed by atoms with E-state index in [1.54, 1.807) is 12.1 Å². The maximum atomic E-state index is 12.6. The molecule has 2 aromatic rings. The molecule has 0 aromatic heterocycles. The van der Waals surface area contributed by atoms with E-state index in [1.807, 2.05) is 19.9 Å². The van der Waals surface area contributed by atoms with Crippen LogP contribution in [-0.4, -0.2) is 12.5 Å². The SMILES string of the molecule is CCNC(=O)c1ccc(C)c(NCc2ccc(C(F)(F)F)cc2)c1. The lowest BCUT2D eigenvalue weighted by Gasteiger charge is -2.12. The first-order valence-corrected chi connectivity index (χ1v) is 7.60. The Hall–Kier alpha value is -2.50. The number of anilines is 1. The quantitative estimate of drug-likeness (QED) is 0.851. The number of nitrogens with one attached hydrogen (secondary N) is 2. The van der Waals surface area contributed by atoms with Gasteiger partial charge in [0.05, 0.1) is 5.56 Å². The van der Waals surface area contributed by atoms with E-state index < -0.39 is 11.7 Å². The van der Waals surface area contributed by atoms with Crippen molar-refractivity contribution in [3.8, 4) is 0 Å². The molecule has 3 nitrogen and oxygen atoms in total. The van der Waals surface area contributed by atoms with E-state index in [2.05, 4.69) is 10.6 Å². The van der Waals surface area contributed by atoms with E-state index in [4.69, 9.17) is 0 Å². The van der Waals surface area contributed by atoms with Gasteiger partial charge in [0.15, 0.2) is 0 Å². The summed E-state index contributed by atoms with van der Waals surface area (Å²) in [6.07, 6.45) is -4.33. The van der Waals surface area contributed by atoms with Crippen LogP contribution < -0.4 is 10.6 Å². The highest BCUT2D eigenvalue weighted by Gasteiger charge is 2.29. The fourth-order valence-corrected chi connectivity index (χ4v) is 2.23. The van der Waals surface area contributed by atoms with Gasteiger partial charge < -0.3 is 10.6 Å². The van der Waals surface area contributed by atoms with Gasteiger partial charge in [-0.1, -0.05) is 18.2 Å². The van der Waals surface area contributed by atoms with Crippen LogP contribution in [0.1, 0.15) is 34.0 Å². The van der Waals surface area contributed by atoms with Gasteiger partial charge in [0.25, 0.3) is 5.91 Å². The highest BCUT2D eigenvalue weighted by atomic mass is 19.4. The van der Waals surface area contributed by atoms with E-state index in [9.17, 15) is 18.0 Å². The second-order valence-corrected chi connectivity index (χ2v) is 5.44. The molecule has 0 aliphatic rings. The molecule has 128 valence electrons. The topological polar surface area (TPSA) is 41.1 Å². The number of carbonyl (C=O) groups excluding carboxylic acids is 1. The third-order valence-corrected chi connectivity index (χ3v) is 3.60. The fourth-order valence-electron chi connectivity index (χ4n) is 2.23.